The maximum Gasteiger partial charge on any atom is 0.217 e. The standard InChI is InChI=1S/C8H16N2O.CH4/c1-6-3-4-8(5-9-6)10-7(2)11;/h6,8-9H,3-5H2,1-2H3,(H,10,11);1H4. The number of rotatable bonds is 1. The van der Waals surface area contributed by atoms with Crippen molar-refractivity contribution in [3.05, 3.63) is 0 Å². The molecule has 1 aliphatic heterocycles. The molecule has 3 heteroatoms. The highest BCUT2D eigenvalue weighted by molar-refractivity contribution is 5.73. The lowest BCUT2D eigenvalue weighted by Crippen LogP contribution is -2.48. The third-order valence-electron chi connectivity index (χ3n) is 2.07. The molecule has 0 bridgehead atoms. The summed E-state index contributed by atoms with van der Waals surface area (Å²) in [7, 11) is 0. The summed E-state index contributed by atoms with van der Waals surface area (Å²) in [4.78, 5) is 10.7. The fraction of sp³-hybridized carbons (Fsp3) is 0.889. The van der Waals surface area contributed by atoms with Crippen LogP contribution >= 0.6 is 0 Å². The van der Waals surface area contributed by atoms with Crippen LogP contribution in [0, 0.1) is 0 Å². The van der Waals surface area contributed by atoms with Crippen molar-refractivity contribution in [3.8, 4) is 0 Å². The molecule has 1 rings (SSSR count). The maximum atomic E-state index is 10.7. The molecule has 0 aliphatic carbocycles. The Morgan fingerprint density at radius 3 is 2.58 bits per heavy atom. The maximum absolute atomic E-state index is 10.7. The molecular weight excluding hydrogens is 152 g/mol. The van der Waals surface area contributed by atoms with Crippen molar-refractivity contribution in [2.24, 2.45) is 0 Å². The van der Waals surface area contributed by atoms with Crippen molar-refractivity contribution >= 4 is 5.91 Å². The quantitative estimate of drug-likeness (QED) is 0.617. The van der Waals surface area contributed by atoms with Crippen molar-refractivity contribution < 1.29 is 4.79 Å². The number of amides is 1. The number of nitrogens with one attached hydrogen (secondary N) is 2. The van der Waals surface area contributed by atoms with Crippen molar-refractivity contribution in [2.75, 3.05) is 6.54 Å². The van der Waals surface area contributed by atoms with Gasteiger partial charge in [-0.3, -0.25) is 4.79 Å². The molecule has 2 N–H and O–H groups in total. The van der Waals surface area contributed by atoms with Crippen LogP contribution in [-0.4, -0.2) is 24.5 Å². The first-order chi connectivity index (χ1) is 5.18. The second-order valence-electron chi connectivity index (χ2n) is 3.28. The zero-order valence-electron chi connectivity index (χ0n) is 7.18. The van der Waals surface area contributed by atoms with Crippen LogP contribution < -0.4 is 10.6 Å². The monoisotopic (exact) mass is 172 g/mol. The second kappa shape index (κ2) is 5.14. The Labute approximate surface area is 74.9 Å². The molecule has 1 heterocycles. The minimum atomic E-state index is 0. The summed E-state index contributed by atoms with van der Waals surface area (Å²) < 4.78 is 0. The molecule has 2 atom stereocenters. The average molecular weight is 172 g/mol. The Bertz CT molecular complexity index is 139. The molecule has 0 radical (unpaired) electrons. The molecule has 1 aliphatic rings. The van der Waals surface area contributed by atoms with E-state index >= 15 is 0 Å². The van der Waals surface area contributed by atoms with Crippen LogP contribution in [0.3, 0.4) is 0 Å². The number of hydrogen-bond donors (Lipinski definition) is 2. The zero-order chi connectivity index (χ0) is 8.27. The summed E-state index contributed by atoms with van der Waals surface area (Å²) in [5, 5.41) is 6.22. The summed E-state index contributed by atoms with van der Waals surface area (Å²) in [6.07, 6.45) is 2.26. The minimum Gasteiger partial charge on any atom is -0.352 e. The zero-order valence-corrected chi connectivity index (χ0v) is 7.18. The Balaban J connectivity index is 0.00000121. The lowest BCUT2D eigenvalue weighted by Gasteiger charge is -2.27. The molecule has 1 saturated heterocycles. The van der Waals surface area contributed by atoms with E-state index in [0.717, 1.165) is 19.4 Å². The van der Waals surface area contributed by atoms with Crippen molar-refractivity contribution in [1.82, 2.24) is 10.6 Å². The van der Waals surface area contributed by atoms with Crippen molar-refractivity contribution in [1.29, 1.82) is 0 Å². The average Bonchev–Trinajstić information content (AvgIpc) is 1.93. The SMILES string of the molecule is C.CC(=O)NC1CCC(C)NC1. The smallest absolute Gasteiger partial charge is 0.217 e. The second-order valence-corrected chi connectivity index (χ2v) is 3.28. The summed E-state index contributed by atoms with van der Waals surface area (Å²) in [5.74, 6) is 0.0753. The molecule has 3 nitrogen and oxygen atoms in total. The topological polar surface area (TPSA) is 41.1 Å². The highest BCUT2D eigenvalue weighted by atomic mass is 16.1. The molecule has 0 aromatic heterocycles. The lowest BCUT2D eigenvalue weighted by atomic mass is 10.0. The molecule has 0 aromatic carbocycles. The molecule has 0 aromatic rings. The van der Waals surface area contributed by atoms with Crippen LogP contribution in [0.1, 0.15) is 34.1 Å². The fourth-order valence-electron chi connectivity index (χ4n) is 1.41. The van der Waals surface area contributed by atoms with E-state index in [4.69, 9.17) is 0 Å². The van der Waals surface area contributed by atoms with Gasteiger partial charge in [0.15, 0.2) is 0 Å². The first kappa shape index (κ1) is 11.4. The van der Waals surface area contributed by atoms with Crippen LogP contribution in [0.25, 0.3) is 0 Å². The van der Waals surface area contributed by atoms with Gasteiger partial charge in [-0.1, -0.05) is 7.43 Å². The first-order valence-corrected chi connectivity index (χ1v) is 4.19. The van der Waals surface area contributed by atoms with Crippen molar-refractivity contribution in [2.45, 2.75) is 46.2 Å². The fourth-order valence-corrected chi connectivity index (χ4v) is 1.41. The van der Waals surface area contributed by atoms with E-state index in [-0.39, 0.29) is 13.3 Å². The van der Waals surface area contributed by atoms with Crippen LogP contribution in [-0.2, 0) is 4.79 Å². The van der Waals surface area contributed by atoms with Gasteiger partial charge in [0.05, 0.1) is 0 Å². The van der Waals surface area contributed by atoms with Gasteiger partial charge < -0.3 is 10.6 Å². The molecule has 72 valence electrons. The van der Waals surface area contributed by atoms with Crippen LogP contribution in [0.15, 0.2) is 0 Å². The van der Waals surface area contributed by atoms with Gasteiger partial charge in [-0.25, -0.2) is 0 Å². The van der Waals surface area contributed by atoms with Gasteiger partial charge in [-0.15, -0.1) is 0 Å². The Hall–Kier alpha value is -0.570. The summed E-state index contributed by atoms with van der Waals surface area (Å²) in [6, 6.07) is 0.962. The lowest BCUT2D eigenvalue weighted by molar-refractivity contribution is -0.119. The van der Waals surface area contributed by atoms with E-state index in [9.17, 15) is 4.79 Å². The minimum absolute atomic E-state index is 0. The van der Waals surface area contributed by atoms with Gasteiger partial charge in [0.25, 0.3) is 0 Å². The third kappa shape index (κ3) is 3.72. The summed E-state index contributed by atoms with van der Waals surface area (Å²) in [6.45, 7) is 4.66. The van der Waals surface area contributed by atoms with Gasteiger partial charge in [0, 0.05) is 25.6 Å². The molecule has 0 saturated carbocycles. The van der Waals surface area contributed by atoms with Gasteiger partial charge >= 0.3 is 0 Å². The summed E-state index contributed by atoms with van der Waals surface area (Å²) >= 11 is 0. The molecule has 2 unspecified atom stereocenters. The predicted octanol–water partition coefficient (Wildman–Crippen LogP) is 0.899. The molecule has 12 heavy (non-hydrogen) atoms. The molecular formula is C9H20N2O. The van der Waals surface area contributed by atoms with Crippen molar-refractivity contribution in [3.63, 3.8) is 0 Å². The number of hydrogen-bond acceptors (Lipinski definition) is 2. The van der Waals surface area contributed by atoms with Gasteiger partial charge in [-0.2, -0.15) is 0 Å². The van der Waals surface area contributed by atoms with Crippen LogP contribution in [0.4, 0.5) is 0 Å². The third-order valence-corrected chi connectivity index (χ3v) is 2.07. The van der Waals surface area contributed by atoms with Crippen LogP contribution in [0.5, 0.6) is 0 Å². The Kier molecular flexibility index (Phi) is 4.90. The number of carbonyl (C=O) groups excluding carboxylic acids is 1. The van der Waals surface area contributed by atoms with Gasteiger partial charge in [-0.05, 0) is 19.8 Å². The van der Waals surface area contributed by atoms with E-state index in [1.165, 1.54) is 0 Å². The Morgan fingerprint density at radius 1 is 1.50 bits per heavy atom. The van der Waals surface area contributed by atoms with E-state index in [0.29, 0.717) is 12.1 Å². The highest BCUT2D eigenvalue weighted by Gasteiger charge is 2.17. The van der Waals surface area contributed by atoms with E-state index in [1.54, 1.807) is 6.92 Å². The van der Waals surface area contributed by atoms with E-state index in [2.05, 4.69) is 17.6 Å². The van der Waals surface area contributed by atoms with Gasteiger partial charge in [0.2, 0.25) is 5.91 Å². The Morgan fingerprint density at radius 2 is 2.17 bits per heavy atom. The predicted molar refractivity (Wildman–Crippen MR) is 51.0 cm³/mol. The normalized spacial score (nSPS) is 28.8. The van der Waals surface area contributed by atoms with E-state index in [1.807, 2.05) is 0 Å². The number of carbonyl (C=O) groups is 1. The molecule has 1 fully saturated rings. The largest absolute Gasteiger partial charge is 0.352 e. The first-order valence-electron chi connectivity index (χ1n) is 4.19. The summed E-state index contributed by atoms with van der Waals surface area (Å²) in [5.41, 5.74) is 0. The molecule has 0 spiro atoms. The van der Waals surface area contributed by atoms with Crippen LogP contribution in [0.2, 0.25) is 0 Å². The number of piperidine rings is 1. The highest BCUT2D eigenvalue weighted by Crippen LogP contribution is 2.06. The molecule has 1 amide bonds. The van der Waals surface area contributed by atoms with Gasteiger partial charge in [0.1, 0.15) is 0 Å². The van der Waals surface area contributed by atoms with E-state index < -0.39 is 0 Å².